The number of thioether (sulfide) groups is 1. The monoisotopic (exact) mass is 623 g/mol. The van der Waals surface area contributed by atoms with Gasteiger partial charge in [0.2, 0.25) is 5.91 Å². The molecule has 0 fully saturated rings. The summed E-state index contributed by atoms with van der Waals surface area (Å²) >= 11 is 1.34. The molecule has 0 radical (unpaired) electrons. The summed E-state index contributed by atoms with van der Waals surface area (Å²) in [7, 11) is 0. The topological polar surface area (TPSA) is 106 Å². The number of carbonyl (C=O) groups excluding carboxylic acids is 3. The predicted octanol–water partition coefficient (Wildman–Crippen LogP) is 7.40. The molecular formula is C36H37N3O5S. The van der Waals surface area contributed by atoms with Crippen LogP contribution in [-0.2, 0) is 9.59 Å². The van der Waals surface area contributed by atoms with Crippen molar-refractivity contribution >= 4 is 46.9 Å². The number of anilines is 2. The molecule has 0 saturated heterocycles. The Morgan fingerprint density at radius 1 is 0.778 bits per heavy atom. The Morgan fingerprint density at radius 2 is 1.53 bits per heavy atom. The van der Waals surface area contributed by atoms with Gasteiger partial charge in [0.15, 0.2) is 0 Å². The molecular weight excluding hydrogens is 586 g/mol. The van der Waals surface area contributed by atoms with Crippen molar-refractivity contribution in [2.24, 2.45) is 0 Å². The molecule has 0 bridgehead atoms. The lowest BCUT2D eigenvalue weighted by atomic mass is 10.1. The number of ether oxygens (including phenoxy) is 2. The van der Waals surface area contributed by atoms with Crippen molar-refractivity contribution < 1.29 is 23.9 Å². The van der Waals surface area contributed by atoms with E-state index in [0.717, 1.165) is 23.5 Å². The van der Waals surface area contributed by atoms with Crippen LogP contribution in [0.2, 0.25) is 0 Å². The molecule has 4 rings (SSSR count). The molecule has 4 aromatic rings. The molecule has 0 unspecified atom stereocenters. The molecule has 0 spiro atoms. The van der Waals surface area contributed by atoms with Crippen molar-refractivity contribution in [3.63, 3.8) is 0 Å². The number of nitrogens with one attached hydrogen (secondary N) is 3. The van der Waals surface area contributed by atoms with E-state index >= 15 is 0 Å². The van der Waals surface area contributed by atoms with Crippen LogP contribution in [0.1, 0.15) is 42.6 Å². The first-order valence-corrected chi connectivity index (χ1v) is 15.8. The Kier molecular flexibility index (Phi) is 12.7. The minimum Gasteiger partial charge on any atom is -0.494 e. The highest BCUT2D eigenvalue weighted by molar-refractivity contribution is 8.00. The van der Waals surface area contributed by atoms with Crippen molar-refractivity contribution in [2.45, 2.75) is 31.6 Å². The van der Waals surface area contributed by atoms with E-state index in [0.29, 0.717) is 41.5 Å². The summed E-state index contributed by atoms with van der Waals surface area (Å²) < 4.78 is 11.4. The van der Waals surface area contributed by atoms with E-state index in [-0.39, 0.29) is 17.4 Å². The van der Waals surface area contributed by atoms with Gasteiger partial charge in [-0.1, -0.05) is 55.8 Å². The Labute approximate surface area is 268 Å². The van der Waals surface area contributed by atoms with Crippen LogP contribution in [0.5, 0.6) is 11.5 Å². The third kappa shape index (κ3) is 10.6. The minimum absolute atomic E-state index is 0.0511. The van der Waals surface area contributed by atoms with Crippen LogP contribution in [0.15, 0.2) is 114 Å². The number of carbonyl (C=O) groups is 3. The van der Waals surface area contributed by atoms with E-state index in [9.17, 15) is 14.4 Å². The van der Waals surface area contributed by atoms with Gasteiger partial charge in [-0.05, 0) is 80.1 Å². The van der Waals surface area contributed by atoms with Crippen LogP contribution in [-0.4, -0.2) is 36.7 Å². The summed E-state index contributed by atoms with van der Waals surface area (Å²) in [6.07, 6.45) is 3.65. The van der Waals surface area contributed by atoms with Gasteiger partial charge in [0.05, 0.1) is 19.0 Å². The highest BCUT2D eigenvalue weighted by Gasteiger charge is 2.16. The van der Waals surface area contributed by atoms with Crippen LogP contribution >= 0.6 is 11.8 Å². The summed E-state index contributed by atoms with van der Waals surface area (Å²) in [6, 6.07) is 30.5. The molecule has 45 heavy (non-hydrogen) atoms. The summed E-state index contributed by atoms with van der Waals surface area (Å²) in [4.78, 5) is 39.9. The Balaban J connectivity index is 1.41. The Hall–Kier alpha value is -5.02. The molecule has 9 heteroatoms. The number of para-hydroxylation sites is 1. The first-order valence-electron chi connectivity index (χ1n) is 14.8. The van der Waals surface area contributed by atoms with E-state index in [1.807, 2.05) is 61.5 Å². The fourth-order valence-corrected chi connectivity index (χ4v) is 4.92. The van der Waals surface area contributed by atoms with Gasteiger partial charge in [-0.15, -0.1) is 11.8 Å². The fourth-order valence-electron chi connectivity index (χ4n) is 4.16. The molecule has 0 aromatic heterocycles. The number of benzene rings is 4. The first kappa shape index (κ1) is 32.9. The maximum Gasteiger partial charge on any atom is 0.272 e. The molecule has 0 aliphatic rings. The maximum absolute atomic E-state index is 13.5. The molecule has 0 atom stereocenters. The second-order valence-electron chi connectivity index (χ2n) is 9.89. The molecule has 232 valence electrons. The smallest absolute Gasteiger partial charge is 0.272 e. The lowest BCUT2D eigenvalue weighted by molar-refractivity contribution is -0.114. The number of hydrogen-bond donors (Lipinski definition) is 3. The van der Waals surface area contributed by atoms with E-state index in [2.05, 4.69) is 22.9 Å². The summed E-state index contributed by atoms with van der Waals surface area (Å²) in [5.74, 6) is 0.458. The number of amides is 3. The molecule has 4 aromatic carbocycles. The van der Waals surface area contributed by atoms with Gasteiger partial charge in [0, 0.05) is 27.4 Å². The summed E-state index contributed by atoms with van der Waals surface area (Å²) in [5, 5.41) is 8.52. The van der Waals surface area contributed by atoms with Crippen LogP contribution in [0.4, 0.5) is 11.4 Å². The molecule has 0 heterocycles. The highest BCUT2D eigenvalue weighted by Crippen LogP contribution is 2.24. The average molecular weight is 624 g/mol. The normalized spacial score (nSPS) is 10.9. The maximum atomic E-state index is 13.5. The zero-order valence-electron chi connectivity index (χ0n) is 25.4. The minimum atomic E-state index is -0.507. The van der Waals surface area contributed by atoms with E-state index in [1.54, 1.807) is 54.6 Å². The van der Waals surface area contributed by atoms with Gasteiger partial charge in [0.25, 0.3) is 11.8 Å². The zero-order chi connectivity index (χ0) is 31.9. The zero-order valence-corrected chi connectivity index (χ0v) is 26.2. The average Bonchev–Trinajstić information content (AvgIpc) is 3.06. The predicted molar refractivity (Wildman–Crippen MR) is 181 cm³/mol. The summed E-state index contributed by atoms with van der Waals surface area (Å²) in [5.41, 5.74) is 2.32. The second-order valence-corrected chi connectivity index (χ2v) is 10.9. The van der Waals surface area contributed by atoms with Gasteiger partial charge in [-0.25, -0.2) is 0 Å². The molecule has 0 saturated carbocycles. The quantitative estimate of drug-likeness (QED) is 0.0724. The van der Waals surface area contributed by atoms with Gasteiger partial charge in [-0.2, -0.15) is 0 Å². The third-order valence-electron chi connectivity index (χ3n) is 6.41. The van der Waals surface area contributed by atoms with Gasteiger partial charge in [0.1, 0.15) is 17.2 Å². The second kappa shape index (κ2) is 17.3. The SMILES string of the molecule is CCCCOc1ccc(NC(=O)CSc2cccc(NC(=O)/C(=C\c3ccccc3OCC)NC(=O)c3ccccc3)c2)cc1. The number of unbranched alkanes of at least 4 members (excludes halogenated alkanes) is 1. The van der Waals surface area contributed by atoms with Gasteiger partial charge in [-0.3, -0.25) is 14.4 Å². The van der Waals surface area contributed by atoms with Gasteiger partial charge >= 0.3 is 0 Å². The molecule has 0 aliphatic heterocycles. The van der Waals surface area contributed by atoms with Crippen LogP contribution in [0, 0.1) is 0 Å². The molecule has 3 amide bonds. The lowest BCUT2D eigenvalue weighted by Crippen LogP contribution is -2.30. The fraction of sp³-hybridized carbons (Fsp3) is 0.194. The Bertz CT molecular complexity index is 1610. The lowest BCUT2D eigenvalue weighted by Gasteiger charge is -2.13. The van der Waals surface area contributed by atoms with E-state index < -0.39 is 11.8 Å². The van der Waals surface area contributed by atoms with Crippen molar-refractivity contribution in [1.82, 2.24) is 5.32 Å². The van der Waals surface area contributed by atoms with Crippen molar-refractivity contribution in [1.29, 1.82) is 0 Å². The highest BCUT2D eigenvalue weighted by atomic mass is 32.2. The van der Waals surface area contributed by atoms with Crippen LogP contribution in [0.25, 0.3) is 6.08 Å². The molecule has 0 aliphatic carbocycles. The number of rotatable bonds is 15. The van der Waals surface area contributed by atoms with Crippen LogP contribution < -0.4 is 25.4 Å². The van der Waals surface area contributed by atoms with Crippen LogP contribution in [0.3, 0.4) is 0 Å². The first-order chi connectivity index (χ1) is 21.9. The third-order valence-corrected chi connectivity index (χ3v) is 7.41. The standard InChI is InChI=1S/C36H37N3O5S/c1-3-5-22-44-30-20-18-28(19-21-30)37-34(40)25-45-31-16-11-15-29(24-31)38-36(42)32(39-35(41)26-12-7-6-8-13-26)23-27-14-9-10-17-33(27)43-4-2/h6-21,23-24H,3-5,22,25H2,1-2H3,(H,37,40)(H,38,42)(H,39,41)/b32-23+. The summed E-state index contributed by atoms with van der Waals surface area (Å²) in [6.45, 7) is 5.11. The van der Waals surface area contributed by atoms with Gasteiger partial charge < -0.3 is 25.4 Å². The van der Waals surface area contributed by atoms with Crippen molar-refractivity contribution in [3.05, 3.63) is 120 Å². The number of hydrogen-bond acceptors (Lipinski definition) is 6. The largest absolute Gasteiger partial charge is 0.494 e. The van der Waals surface area contributed by atoms with Crippen molar-refractivity contribution in [2.75, 3.05) is 29.6 Å². The Morgan fingerprint density at radius 3 is 2.29 bits per heavy atom. The molecule has 8 nitrogen and oxygen atoms in total. The van der Waals surface area contributed by atoms with E-state index in [1.165, 1.54) is 11.8 Å². The van der Waals surface area contributed by atoms with Crippen molar-refractivity contribution in [3.8, 4) is 11.5 Å². The van der Waals surface area contributed by atoms with E-state index in [4.69, 9.17) is 9.47 Å². The molecule has 3 N–H and O–H groups in total.